The van der Waals surface area contributed by atoms with Crippen LogP contribution in [-0.2, 0) is 44.3 Å². The van der Waals surface area contributed by atoms with E-state index in [9.17, 15) is 0 Å². The van der Waals surface area contributed by atoms with Crippen LogP contribution in [0.15, 0.2) is 30.3 Å². The number of para-hydroxylation sites is 1. The normalized spacial score (nSPS) is 10.0. The Balaban J connectivity index is 0. The van der Waals surface area contributed by atoms with E-state index in [0.717, 1.165) is 0 Å². The number of nitrogens with zero attached hydrogens (tertiary/aromatic N) is 1. The molecule has 5 heteroatoms. The van der Waals surface area contributed by atoms with Crippen molar-refractivity contribution in [3.05, 3.63) is 56.0 Å². The van der Waals surface area contributed by atoms with Crippen LogP contribution >= 0.6 is 0 Å². The zero-order valence-corrected chi connectivity index (χ0v) is 11.4. The fourth-order valence-electron chi connectivity index (χ4n) is 2.16. The zero-order chi connectivity index (χ0) is 14.0. The second kappa shape index (κ2) is 11.6. The largest absolute Gasteiger partial charge is 0.345 e. The first-order chi connectivity index (χ1) is 8.95. The fraction of sp³-hybridized carbons (Fsp3) is 0.214. The van der Waals surface area contributed by atoms with Crippen LogP contribution < -0.4 is 0 Å². The van der Waals surface area contributed by atoms with Gasteiger partial charge in [0.15, 0.2) is 0 Å². The topological polar surface area (TPSA) is 64.6 Å². The second-order valence-electron chi connectivity index (χ2n) is 3.45. The summed E-state index contributed by atoms with van der Waals surface area (Å²) in [6.07, 6.45) is 2.58. The molecule has 1 aliphatic heterocycles. The van der Waals surface area contributed by atoms with Gasteiger partial charge in [0.05, 0.1) is 0 Å². The van der Waals surface area contributed by atoms with Gasteiger partial charge in [-0.3, -0.25) is 0 Å². The van der Waals surface area contributed by atoms with Gasteiger partial charge in [-0.2, -0.15) is 0 Å². The van der Waals surface area contributed by atoms with Crippen molar-refractivity contribution in [1.82, 2.24) is 4.57 Å². The van der Waals surface area contributed by atoms with Crippen LogP contribution in [0.5, 0.6) is 0 Å². The maximum Gasteiger partial charge on any atom is 0.0482 e. The molecular weight excluding hydrogens is 282 g/mol. The Kier molecular flexibility index (Phi) is 12.1. The van der Waals surface area contributed by atoms with Gasteiger partial charge in [-0.05, 0) is 30.4 Å². The van der Waals surface area contributed by atoms with Crippen LogP contribution in [0.4, 0.5) is 0 Å². The number of aryl methyl sites for hydroxylation is 2. The minimum absolute atomic E-state index is 0. The Morgan fingerprint density at radius 1 is 0.947 bits per heavy atom. The minimum atomic E-state index is 0. The number of aromatic nitrogens is 1. The van der Waals surface area contributed by atoms with E-state index in [0.29, 0.717) is 0 Å². The first-order valence-corrected chi connectivity index (χ1v) is 5.13. The fourth-order valence-corrected chi connectivity index (χ4v) is 2.16. The molecule has 0 spiro atoms. The third-order valence-corrected chi connectivity index (χ3v) is 2.71. The molecule has 0 unspecified atom stereocenters. The number of benzene rings is 1. The summed E-state index contributed by atoms with van der Waals surface area (Å²) in [5, 5.41) is 1.40. The molecule has 1 aromatic carbocycles. The molecule has 3 rings (SSSR count). The van der Waals surface area contributed by atoms with Gasteiger partial charge < -0.3 is 4.57 Å². The summed E-state index contributed by atoms with van der Waals surface area (Å²) in [5.41, 5.74) is 2.92. The summed E-state index contributed by atoms with van der Waals surface area (Å²) in [6.45, 7) is 14.7. The van der Waals surface area contributed by atoms with E-state index in [1.807, 2.05) is 0 Å². The maximum absolute atomic E-state index is 7.50. The van der Waals surface area contributed by atoms with E-state index in [2.05, 4.69) is 54.9 Å². The Labute approximate surface area is 122 Å². The molecule has 19 heavy (non-hydrogen) atoms. The smallest absolute Gasteiger partial charge is 0.0482 e. The number of rotatable bonds is 0. The molecule has 0 N–H and O–H groups in total. The predicted molar refractivity (Wildman–Crippen MR) is 62.0 cm³/mol. The summed E-state index contributed by atoms with van der Waals surface area (Å²) in [7, 11) is 0. The van der Waals surface area contributed by atoms with E-state index in [1.54, 1.807) is 0 Å². The number of hydrogen-bond donors (Lipinski definition) is 0. The maximum atomic E-state index is 7.50. The molecule has 0 fully saturated rings. The van der Waals surface area contributed by atoms with Gasteiger partial charge in [0, 0.05) is 35.1 Å². The van der Waals surface area contributed by atoms with Crippen molar-refractivity contribution in [2.24, 2.45) is 0 Å². The Bertz CT molecular complexity index is 540. The standard InChI is InChI=1S/C11H11N.3CO.Cr/c1-2-6-11-9(4-1)8-10-5-3-7-12(10)11;3*1-2;/h1-2,4,6,8H,3,5,7H2;;;;. The van der Waals surface area contributed by atoms with Crippen molar-refractivity contribution < 1.29 is 31.3 Å². The van der Waals surface area contributed by atoms with Gasteiger partial charge in [0.2, 0.25) is 0 Å². The second-order valence-corrected chi connectivity index (χ2v) is 3.45. The summed E-state index contributed by atoms with van der Waals surface area (Å²) < 4.78 is 24.9. The monoisotopic (exact) mass is 293 g/mol. The van der Waals surface area contributed by atoms with E-state index < -0.39 is 0 Å². The molecule has 0 radical (unpaired) electrons. The molecule has 0 saturated carbocycles. The zero-order valence-electron chi connectivity index (χ0n) is 10.1. The molecule has 0 atom stereocenters. The van der Waals surface area contributed by atoms with E-state index in [1.165, 1.54) is 36.0 Å². The SMILES string of the molecule is [C-]#[O+].[C-]#[O+].[C-]#[O+].[Cr].c1ccc2c(c1)cc1n2CCC1. The first kappa shape index (κ1) is 19.8. The van der Waals surface area contributed by atoms with Crippen LogP contribution in [0.25, 0.3) is 10.9 Å². The third-order valence-electron chi connectivity index (χ3n) is 2.71. The molecule has 0 saturated heterocycles. The molecule has 0 aliphatic carbocycles. The summed E-state index contributed by atoms with van der Waals surface area (Å²) in [6, 6.07) is 11.0. The van der Waals surface area contributed by atoms with Gasteiger partial charge in [-0.25, -0.2) is 0 Å². The molecule has 1 aromatic heterocycles. The van der Waals surface area contributed by atoms with Crippen LogP contribution in [0.1, 0.15) is 12.1 Å². The van der Waals surface area contributed by atoms with E-state index in [-0.39, 0.29) is 17.4 Å². The third kappa shape index (κ3) is 4.59. The molecule has 2 heterocycles. The predicted octanol–water partition coefficient (Wildman–Crippen LogP) is 2.47. The van der Waals surface area contributed by atoms with Crippen LogP contribution in [0.2, 0.25) is 0 Å². The number of hydrogen-bond acceptors (Lipinski definition) is 0. The van der Waals surface area contributed by atoms with Crippen molar-refractivity contribution in [3.8, 4) is 0 Å². The molecule has 1 aliphatic rings. The van der Waals surface area contributed by atoms with Crippen molar-refractivity contribution >= 4 is 10.9 Å². The molecule has 96 valence electrons. The summed E-state index contributed by atoms with van der Waals surface area (Å²) >= 11 is 0. The Morgan fingerprint density at radius 2 is 1.53 bits per heavy atom. The van der Waals surface area contributed by atoms with Crippen molar-refractivity contribution in [3.63, 3.8) is 0 Å². The summed E-state index contributed by atoms with van der Waals surface area (Å²) in [5.74, 6) is 0. The molecule has 0 amide bonds. The minimum Gasteiger partial charge on any atom is -0.345 e. The van der Waals surface area contributed by atoms with Crippen LogP contribution in [0.3, 0.4) is 0 Å². The first-order valence-electron chi connectivity index (χ1n) is 5.13. The van der Waals surface area contributed by atoms with Gasteiger partial charge in [0.1, 0.15) is 0 Å². The van der Waals surface area contributed by atoms with Crippen molar-refractivity contribution in [1.29, 1.82) is 0 Å². The van der Waals surface area contributed by atoms with Gasteiger partial charge in [0.25, 0.3) is 0 Å². The van der Waals surface area contributed by atoms with Gasteiger partial charge >= 0.3 is 33.9 Å². The average molecular weight is 293 g/mol. The summed E-state index contributed by atoms with van der Waals surface area (Å²) in [4.78, 5) is 0. The quantitative estimate of drug-likeness (QED) is 0.529. The molecule has 4 nitrogen and oxygen atoms in total. The van der Waals surface area contributed by atoms with Crippen molar-refractivity contribution in [2.45, 2.75) is 19.4 Å². The molecule has 2 aromatic rings. The van der Waals surface area contributed by atoms with Gasteiger partial charge in [-0.15, -0.1) is 0 Å². The van der Waals surface area contributed by atoms with E-state index in [4.69, 9.17) is 14.0 Å². The number of fused-ring (bicyclic) bond motifs is 3. The molecular formula is C14H11CrNO3. The van der Waals surface area contributed by atoms with E-state index >= 15 is 0 Å². The Morgan fingerprint density at radius 3 is 2.16 bits per heavy atom. The average Bonchev–Trinajstić information content (AvgIpc) is 3.06. The van der Waals surface area contributed by atoms with Crippen molar-refractivity contribution in [2.75, 3.05) is 0 Å². The molecule has 0 bridgehead atoms. The van der Waals surface area contributed by atoms with Gasteiger partial charge in [-0.1, -0.05) is 18.2 Å². The van der Waals surface area contributed by atoms with Crippen LogP contribution in [0, 0.1) is 20.0 Å². The van der Waals surface area contributed by atoms with Crippen LogP contribution in [-0.4, -0.2) is 4.57 Å². The Hall–Kier alpha value is -1.49.